The van der Waals surface area contributed by atoms with Gasteiger partial charge >= 0.3 is 5.69 Å². The van der Waals surface area contributed by atoms with E-state index in [2.05, 4.69) is 25.1 Å². The quantitative estimate of drug-likeness (QED) is 0.243. The van der Waals surface area contributed by atoms with E-state index in [9.17, 15) is 9.59 Å². The average molecular weight is 494 g/mol. The van der Waals surface area contributed by atoms with E-state index >= 15 is 0 Å². The van der Waals surface area contributed by atoms with Crippen molar-refractivity contribution in [3.05, 3.63) is 68.5 Å². The third kappa shape index (κ3) is 4.49. The van der Waals surface area contributed by atoms with Crippen molar-refractivity contribution in [2.75, 3.05) is 0 Å². The summed E-state index contributed by atoms with van der Waals surface area (Å²) < 4.78 is 8.22. The van der Waals surface area contributed by atoms with Crippen LogP contribution >= 0.6 is 11.6 Å². The molecule has 4 aromatic heterocycles. The van der Waals surface area contributed by atoms with Crippen LogP contribution in [-0.4, -0.2) is 34.2 Å². The highest BCUT2D eigenvalue weighted by atomic mass is 35.5. The first-order valence-corrected chi connectivity index (χ1v) is 12.0. The molecule has 11 heteroatoms. The fourth-order valence-electron chi connectivity index (χ4n) is 4.15. The second kappa shape index (κ2) is 9.83. The van der Waals surface area contributed by atoms with Crippen LogP contribution in [0.25, 0.3) is 33.5 Å². The van der Waals surface area contributed by atoms with Crippen molar-refractivity contribution in [3.63, 3.8) is 0 Å². The number of unbranched alkanes of at least 4 members (excludes halogenated alkanes) is 2. The van der Waals surface area contributed by atoms with Gasteiger partial charge in [-0.25, -0.2) is 4.79 Å². The van der Waals surface area contributed by atoms with Gasteiger partial charge in [0.15, 0.2) is 17.0 Å². The van der Waals surface area contributed by atoms with Gasteiger partial charge in [-0.05, 0) is 42.3 Å². The molecule has 0 spiro atoms. The number of fused-ring (bicyclic) bond motifs is 2. The van der Waals surface area contributed by atoms with Crippen molar-refractivity contribution in [2.24, 2.45) is 0 Å². The Morgan fingerprint density at radius 2 is 1.86 bits per heavy atom. The van der Waals surface area contributed by atoms with Crippen LogP contribution in [-0.2, 0) is 19.5 Å². The van der Waals surface area contributed by atoms with Gasteiger partial charge in [-0.1, -0.05) is 42.8 Å². The Morgan fingerprint density at radius 3 is 2.71 bits per heavy atom. The van der Waals surface area contributed by atoms with Gasteiger partial charge in [-0.3, -0.25) is 18.9 Å². The first-order chi connectivity index (χ1) is 17.1. The van der Waals surface area contributed by atoms with E-state index in [-0.39, 0.29) is 23.0 Å². The van der Waals surface area contributed by atoms with Crippen LogP contribution in [0.4, 0.5) is 0 Å². The SMILES string of the molecule is CCCCn1c(=O)n(CCCCc2noc(-c3nccc4ccccc34)n2)c(=O)c2[nH]c(Cl)nc21. The van der Waals surface area contributed by atoms with E-state index in [1.807, 2.05) is 37.3 Å². The van der Waals surface area contributed by atoms with Crippen molar-refractivity contribution in [1.82, 2.24) is 34.2 Å². The van der Waals surface area contributed by atoms with Gasteiger partial charge in [0.1, 0.15) is 5.69 Å². The van der Waals surface area contributed by atoms with Crippen molar-refractivity contribution >= 4 is 33.5 Å². The topological polar surface area (TPSA) is 124 Å². The van der Waals surface area contributed by atoms with Gasteiger partial charge in [0, 0.05) is 31.1 Å². The molecule has 4 heterocycles. The monoisotopic (exact) mass is 493 g/mol. The number of benzene rings is 1. The van der Waals surface area contributed by atoms with E-state index in [0.717, 1.165) is 23.6 Å². The smallest absolute Gasteiger partial charge is 0.332 e. The Morgan fingerprint density at radius 1 is 1.03 bits per heavy atom. The number of hydrogen-bond acceptors (Lipinski definition) is 7. The van der Waals surface area contributed by atoms with E-state index < -0.39 is 5.56 Å². The largest absolute Gasteiger partial charge is 0.332 e. The molecule has 0 bridgehead atoms. The minimum atomic E-state index is -0.416. The number of nitrogens with zero attached hydrogens (tertiary/aromatic N) is 6. The van der Waals surface area contributed by atoms with Gasteiger partial charge in [-0.15, -0.1) is 0 Å². The number of H-pyrrole nitrogens is 1. The second-order valence-corrected chi connectivity index (χ2v) is 8.68. The Kier molecular flexibility index (Phi) is 6.45. The standard InChI is InChI=1S/C24H24ClN7O3/c1-2-3-13-31-20-19(28-23(25)29-20)22(33)32(24(31)34)14-7-6-10-17-27-21(35-30-17)18-16-9-5-4-8-15(16)11-12-26-18/h4-5,8-9,11-12H,2-3,6-7,10,13-14H2,1H3,(H,28,29). The molecule has 10 nitrogen and oxygen atoms in total. The second-order valence-electron chi connectivity index (χ2n) is 8.32. The minimum absolute atomic E-state index is 0.0908. The van der Waals surface area contributed by atoms with Crippen LogP contribution < -0.4 is 11.2 Å². The van der Waals surface area contributed by atoms with E-state index in [4.69, 9.17) is 16.1 Å². The van der Waals surface area contributed by atoms with Crippen molar-refractivity contribution in [1.29, 1.82) is 0 Å². The highest BCUT2D eigenvalue weighted by molar-refractivity contribution is 6.29. The molecule has 5 aromatic rings. The molecule has 180 valence electrons. The Labute approximate surface area is 204 Å². The minimum Gasteiger partial charge on any atom is -0.332 e. The number of imidazole rings is 1. The van der Waals surface area contributed by atoms with Gasteiger partial charge in [0.2, 0.25) is 5.28 Å². The van der Waals surface area contributed by atoms with Gasteiger partial charge < -0.3 is 9.51 Å². The number of aromatic nitrogens is 7. The summed E-state index contributed by atoms with van der Waals surface area (Å²) in [7, 11) is 0. The van der Waals surface area contributed by atoms with Crippen LogP contribution in [0.5, 0.6) is 0 Å². The average Bonchev–Trinajstić information content (AvgIpc) is 3.50. The molecule has 1 N–H and O–H groups in total. The Bertz CT molecular complexity index is 1610. The lowest BCUT2D eigenvalue weighted by atomic mass is 10.1. The van der Waals surface area contributed by atoms with Crippen LogP contribution in [0.1, 0.15) is 38.4 Å². The summed E-state index contributed by atoms with van der Waals surface area (Å²) in [6, 6.07) is 9.81. The molecule has 0 fully saturated rings. The zero-order chi connectivity index (χ0) is 24.4. The van der Waals surface area contributed by atoms with E-state index in [1.165, 1.54) is 9.13 Å². The first-order valence-electron chi connectivity index (χ1n) is 11.6. The summed E-state index contributed by atoms with van der Waals surface area (Å²) in [4.78, 5) is 41.8. The lowest BCUT2D eigenvalue weighted by molar-refractivity contribution is 0.419. The molecule has 0 atom stereocenters. The fraction of sp³-hybridized carbons (Fsp3) is 0.333. The summed E-state index contributed by atoms with van der Waals surface area (Å²) in [5.74, 6) is 0.923. The highest BCUT2D eigenvalue weighted by Gasteiger charge is 2.17. The van der Waals surface area contributed by atoms with Crippen molar-refractivity contribution in [3.8, 4) is 11.6 Å². The summed E-state index contributed by atoms with van der Waals surface area (Å²) >= 11 is 5.98. The maximum absolute atomic E-state index is 13.0. The Balaban J connectivity index is 1.30. The number of aryl methyl sites for hydroxylation is 2. The van der Waals surface area contributed by atoms with Gasteiger partial charge in [0.25, 0.3) is 11.4 Å². The molecule has 0 aliphatic heterocycles. The van der Waals surface area contributed by atoms with Crippen molar-refractivity contribution < 1.29 is 4.52 Å². The van der Waals surface area contributed by atoms with Crippen LogP contribution in [0.3, 0.4) is 0 Å². The predicted molar refractivity (Wildman–Crippen MR) is 133 cm³/mol. The Hall–Kier alpha value is -3.79. The fourth-order valence-corrected chi connectivity index (χ4v) is 4.32. The van der Waals surface area contributed by atoms with Gasteiger partial charge in [-0.2, -0.15) is 9.97 Å². The molecule has 0 radical (unpaired) electrons. The molecule has 35 heavy (non-hydrogen) atoms. The molecule has 0 saturated heterocycles. The van der Waals surface area contributed by atoms with E-state index in [1.54, 1.807) is 6.20 Å². The summed E-state index contributed by atoms with van der Waals surface area (Å²) in [5.41, 5.74) is 0.406. The summed E-state index contributed by atoms with van der Waals surface area (Å²) in [6.07, 6.45) is 5.23. The van der Waals surface area contributed by atoms with Crippen LogP contribution in [0.2, 0.25) is 5.28 Å². The zero-order valence-corrected chi connectivity index (χ0v) is 20.0. The van der Waals surface area contributed by atoms with Gasteiger partial charge in [0.05, 0.1) is 0 Å². The molecule has 1 aromatic carbocycles. The maximum atomic E-state index is 13.0. The highest BCUT2D eigenvalue weighted by Crippen LogP contribution is 2.25. The number of hydrogen-bond donors (Lipinski definition) is 1. The molecule has 5 rings (SSSR count). The maximum Gasteiger partial charge on any atom is 0.332 e. The van der Waals surface area contributed by atoms with Crippen molar-refractivity contribution in [2.45, 2.75) is 52.1 Å². The lowest BCUT2D eigenvalue weighted by Crippen LogP contribution is -2.40. The molecular weight excluding hydrogens is 470 g/mol. The van der Waals surface area contributed by atoms with Crippen LogP contribution in [0.15, 0.2) is 50.6 Å². The molecule has 0 amide bonds. The third-order valence-electron chi connectivity index (χ3n) is 5.94. The molecule has 0 aliphatic carbocycles. The molecule has 0 unspecified atom stereocenters. The number of halogens is 1. The zero-order valence-electron chi connectivity index (χ0n) is 19.2. The number of aromatic amines is 1. The normalized spacial score (nSPS) is 11.6. The number of rotatable bonds is 9. The molecule has 0 saturated carbocycles. The lowest BCUT2D eigenvalue weighted by Gasteiger charge is -2.10. The third-order valence-corrected chi connectivity index (χ3v) is 6.12. The summed E-state index contributed by atoms with van der Waals surface area (Å²) in [6.45, 7) is 2.78. The molecular formula is C24H24ClN7O3. The predicted octanol–water partition coefficient (Wildman–Crippen LogP) is 3.96. The van der Waals surface area contributed by atoms with Crippen LogP contribution in [0, 0.1) is 0 Å². The molecule has 0 aliphatic rings. The number of nitrogens with one attached hydrogen (secondary N) is 1. The first kappa shape index (κ1) is 23.0. The summed E-state index contributed by atoms with van der Waals surface area (Å²) in [5, 5.41) is 6.16. The van der Waals surface area contributed by atoms with E-state index in [0.29, 0.717) is 48.9 Å². The number of pyridine rings is 1.